The topological polar surface area (TPSA) is 105 Å². The lowest BCUT2D eigenvalue weighted by Crippen LogP contribution is -2.53. The second-order valence-corrected chi connectivity index (χ2v) is 9.92. The van der Waals surface area contributed by atoms with Gasteiger partial charge in [0, 0.05) is 32.0 Å². The van der Waals surface area contributed by atoms with Crippen molar-refractivity contribution in [1.82, 2.24) is 19.7 Å². The van der Waals surface area contributed by atoms with Crippen molar-refractivity contribution < 1.29 is 41.0 Å². The van der Waals surface area contributed by atoms with Crippen LogP contribution in [-0.2, 0) is 17.5 Å². The highest BCUT2D eigenvalue weighted by molar-refractivity contribution is 6.03. The molecule has 15 heteroatoms. The number of methoxy groups -OCH3 is 1. The van der Waals surface area contributed by atoms with Crippen molar-refractivity contribution >= 4 is 17.3 Å². The molecule has 1 aliphatic heterocycles. The van der Waals surface area contributed by atoms with Gasteiger partial charge in [0.2, 0.25) is 0 Å². The van der Waals surface area contributed by atoms with E-state index in [1.165, 1.54) is 25.3 Å². The number of hydrogen-bond donors (Lipinski definition) is 2. The summed E-state index contributed by atoms with van der Waals surface area (Å²) in [5.74, 6) is -0.988. The molecule has 4 rings (SSSR count). The molecule has 0 unspecified atom stereocenters. The van der Waals surface area contributed by atoms with Crippen molar-refractivity contribution in [2.45, 2.75) is 50.4 Å². The van der Waals surface area contributed by atoms with E-state index in [1.54, 1.807) is 18.7 Å². The average Bonchev–Trinajstić information content (AvgIpc) is 3.50. The first-order valence-corrected chi connectivity index (χ1v) is 12.0. The summed E-state index contributed by atoms with van der Waals surface area (Å²) in [6.45, 7) is 2.36. The predicted molar refractivity (Wildman–Crippen MR) is 132 cm³/mol. The molecule has 1 fully saturated rings. The average molecular weight is 573 g/mol. The molecule has 3 aromatic rings. The van der Waals surface area contributed by atoms with Gasteiger partial charge in [0.05, 0.1) is 35.1 Å². The molecule has 40 heavy (non-hydrogen) atoms. The van der Waals surface area contributed by atoms with Gasteiger partial charge < -0.3 is 20.1 Å². The summed E-state index contributed by atoms with van der Waals surface area (Å²) in [6, 6.07) is 5.20. The van der Waals surface area contributed by atoms with E-state index < -0.39 is 47.4 Å². The van der Waals surface area contributed by atoms with Crippen LogP contribution in [-0.4, -0.2) is 68.3 Å². The van der Waals surface area contributed by atoms with E-state index in [2.05, 4.69) is 20.4 Å². The van der Waals surface area contributed by atoms with Gasteiger partial charge in [-0.25, -0.2) is 9.97 Å². The second-order valence-electron chi connectivity index (χ2n) is 9.92. The van der Waals surface area contributed by atoms with Gasteiger partial charge in [-0.2, -0.15) is 31.4 Å². The number of anilines is 2. The number of aromatic nitrogens is 4. The number of pyridine rings is 2. The van der Waals surface area contributed by atoms with Gasteiger partial charge >= 0.3 is 12.4 Å². The summed E-state index contributed by atoms with van der Waals surface area (Å²) in [5, 5.41) is 16.5. The molecule has 0 bridgehead atoms. The predicted octanol–water partition coefficient (Wildman–Crippen LogP) is 4.54. The molecule has 0 saturated carbocycles. The lowest BCUT2D eigenvalue weighted by molar-refractivity contribution is -0.142. The van der Waals surface area contributed by atoms with E-state index in [1.807, 2.05) is 0 Å². The summed E-state index contributed by atoms with van der Waals surface area (Å²) in [5.41, 5.74) is -3.88. The molecule has 216 valence electrons. The second kappa shape index (κ2) is 10.4. The summed E-state index contributed by atoms with van der Waals surface area (Å²) < 4.78 is 85.5. The highest BCUT2D eigenvalue weighted by Gasteiger charge is 2.49. The van der Waals surface area contributed by atoms with Crippen LogP contribution in [0.4, 0.5) is 37.7 Å². The van der Waals surface area contributed by atoms with E-state index in [4.69, 9.17) is 4.74 Å². The third-order valence-electron chi connectivity index (χ3n) is 6.74. The zero-order chi connectivity index (χ0) is 29.5. The van der Waals surface area contributed by atoms with Crippen LogP contribution in [0.15, 0.2) is 42.9 Å². The number of nitrogens with zero attached hydrogens (tertiary/aromatic N) is 5. The monoisotopic (exact) mass is 572 g/mol. The van der Waals surface area contributed by atoms with Gasteiger partial charge in [0.1, 0.15) is 17.8 Å². The van der Waals surface area contributed by atoms with Gasteiger partial charge in [-0.1, -0.05) is 6.07 Å². The summed E-state index contributed by atoms with van der Waals surface area (Å²) >= 11 is 0. The van der Waals surface area contributed by atoms with Crippen LogP contribution in [0.25, 0.3) is 11.3 Å². The molecule has 4 heterocycles. The SMILES string of the molecule is CO[C@]1(C(C)(C)O)CCN(c2cnc(C(F)(F)F)c(NC(=O)c3cccc(-c4cnn(CC(F)(F)F)c4)n3)c2)C1. The molecule has 1 atom stereocenters. The van der Waals surface area contributed by atoms with Crippen molar-refractivity contribution in [3.05, 3.63) is 54.2 Å². The quantitative estimate of drug-likeness (QED) is 0.401. The van der Waals surface area contributed by atoms with Gasteiger partial charge in [-0.3, -0.25) is 9.48 Å². The Balaban J connectivity index is 1.60. The Hall–Kier alpha value is -3.72. The highest BCUT2D eigenvalue weighted by Crippen LogP contribution is 2.40. The van der Waals surface area contributed by atoms with Gasteiger partial charge in [0.25, 0.3) is 5.91 Å². The van der Waals surface area contributed by atoms with E-state index >= 15 is 0 Å². The number of nitrogens with one attached hydrogen (secondary N) is 1. The van der Waals surface area contributed by atoms with Gasteiger partial charge in [-0.15, -0.1) is 0 Å². The smallest absolute Gasteiger partial charge is 0.387 e. The zero-order valence-electron chi connectivity index (χ0n) is 21.6. The largest absolute Gasteiger partial charge is 0.435 e. The Bertz CT molecular complexity index is 1380. The van der Waals surface area contributed by atoms with Crippen LogP contribution in [0, 0.1) is 0 Å². The Morgan fingerprint density at radius 2 is 1.90 bits per heavy atom. The number of alkyl halides is 6. The summed E-state index contributed by atoms with van der Waals surface area (Å²) in [7, 11) is 1.45. The first kappa shape index (κ1) is 29.3. The number of halogens is 6. The van der Waals surface area contributed by atoms with E-state index in [9.17, 15) is 36.2 Å². The van der Waals surface area contributed by atoms with Crippen LogP contribution in [0.3, 0.4) is 0 Å². The molecule has 2 N–H and O–H groups in total. The number of hydrogen-bond acceptors (Lipinski definition) is 7. The van der Waals surface area contributed by atoms with Crippen molar-refractivity contribution in [2.24, 2.45) is 0 Å². The summed E-state index contributed by atoms with van der Waals surface area (Å²) in [4.78, 5) is 22.3. The van der Waals surface area contributed by atoms with E-state index in [0.29, 0.717) is 17.6 Å². The molecule has 3 aromatic heterocycles. The van der Waals surface area contributed by atoms with E-state index in [-0.39, 0.29) is 29.2 Å². The van der Waals surface area contributed by atoms with Crippen LogP contribution in [0.5, 0.6) is 0 Å². The van der Waals surface area contributed by atoms with Crippen LogP contribution < -0.4 is 10.2 Å². The molecule has 0 radical (unpaired) electrons. The van der Waals surface area contributed by atoms with Crippen molar-refractivity contribution in [3.63, 3.8) is 0 Å². The van der Waals surface area contributed by atoms with Crippen LogP contribution >= 0.6 is 0 Å². The minimum Gasteiger partial charge on any atom is -0.387 e. The lowest BCUT2D eigenvalue weighted by Gasteiger charge is -2.39. The minimum absolute atomic E-state index is 0.101. The Morgan fingerprint density at radius 1 is 1.18 bits per heavy atom. The minimum atomic E-state index is -4.89. The first-order chi connectivity index (χ1) is 18.5. The van der Waals surface area contributed by atoms with Gasteiger partial charge in [-0.05, 0) is 38.5 Å². The standard InChI is InChI=1S/C25H26F6N6O3/c1-22(2,39)23(40-3)7-8-36(13-23)16-9-19(20(32-11-16)25(29,30)31)35-21(38)18-6-4-5-17(34-18)15-10-33-37(12-15)14-24(26,27)28/h4-6,9-12,39H,7-8,13-14H2,1-3H3,(H,35,38)/t23-/m1/s1. The van der Waals surface area contributed by atoms with Crippen molar-refractivity contribution in [3.8, 4) is 11.3 Å². The van der Waals surface area contributed by atoms with Crippen LogP contribution in [0.2, 0.25) is 0 Å². The number of carbonyl (C=O) groups is 1. The Morgan fingerprint density at radius 3 is 2.50 bits per heavy atom. The first-order valence-electron chi connectivity index (χ1n) is 12.0. The Kier molecular flexibility index (Phi) is 7.58. The maximum Gasteiger partial charge on any atom is 0.435 e. The molecular formula is C25H26F6N6O3. The fraction of sp³-hybridized carbons (Fsp3) is 0.440. The number of aliphatic hydroxyl groups is 1. The van der Waals surface area contributed by atoms with Gasteiger partial charge in [0.15, 0.2) is 5.69 Å². The highest BCUT2D eigenvalue weighted by atomic mass is 19.4. The molecule has 0 spiro atoms. The number of ether oxygens (including phenoxy) is 1. The number of rotatable bonds is 7. The maximum absolute atomic E-state index is 13.8. The third-order valence-corrected chi connectivity index (χ3v) is 6.74. The number of carbonyl (C=O) groups excluding carboxylic acids is 1. The van der Waals surface area contributed by atoms with Crippen molar-refractivity contribution in [1.29, 1.82) is 0 Å². The normalized spacial score (nSPS) is 18.3. The summed E-state index contributed by atoms with van der Waals surface area (Å²) in [6.07, 6.45) is -5.73. The van der Waals surface area contributed by atoms with Crippen LogP contribution in [0.1, 0.15) is 36.5 Å². The Labute approximate surface area is 224 Å². The zero-order valence-corrected chi connectivity index (χ0v) is 21.6. The fourth-order valence-corrected chi connectivity index (χ4v) is 4.54. The molecule has 1 amide bonds. The van der Waals surface area contributed by atoms with E-state index in [0.717, 1.165) is 24.7 Å². The number of amides is 1. The molecule has 0 aromatic carbocycles. The molecule has 1 aliphatic rings. The fourth-order valence-electron chi connectivity index (χ4n) is 4.54. The third kappa shape index (κ3) is 6.20. The maximum atomic E-state index is 13.8. The molecule has 9 nitrogen and oxygen atoms in total. The lowest BCUT2D eigenvalue weighted by atomic mass is 9.85. The van der Waals surface area contributed by atoms with Crippen molar-refractivity contribution in [2.75, 3.05) is 30.4 Å². The molecular weight excluding hydrogens is 546 g/mol. The molecule has 1 saturated heterocycles. The molecule has 0 aliphatic carbocycles.